The van der Waals surface area contributed by atoms with E-state index in [-0.39, 0.29) is 11.7 Å². The summed E-state index contributed by atoms with van der Waals surface area (Å²) in [6, 6.07) is 8.89. The number of nitrogens with zero attached hydrogens (tertiary/aromatic N) is 2. The minimum atomic E-state index is -0.641. The lowest BCUT2D eigenvalue weighted by molar-refractivity contribution is 0.0792. The highest BCUT2D eigenvalue weighted by Crippen LogP contribution is 2.17. The molecule has 0 unspecified atom stereocenters. The Morgan fingerprint density at radius 2 is 2.12 bits per heavy atom. The molecule has 6 heteroatoms. The standard InChI is InChI=1S/C18H20FN3O2/c19-17-11-20-7-4-16(17)18(24)21-14-3-1-2-13(10-14)12-22-8-5-15(23)6-9-22/h1-4,7,10-11,15,23H,5-6,8-9,12H2,(H,21,24). The predicted molar refractivity (Wildman–Crippen MR) is 89.1 cm³/mol. The molecule has 1 aliphatic heterocycles. The minimum absolute atomic E-state index is 0.0274. The number of nitrogens with one attached hydrogen (secondary N) is 1. The highest BCUT2D eigenvalue weighted by Gasteiger charge is 2.17. The van der Waals surface area contributed by atoms with Gasteiger partial charge in [0.1, 0.15) is 0 Å². The molecular weight excluding hydrogens is 309 g/mol. The Hall–Kier alpha value is -2.31. The molecule has 0 spiro atoms. The summed E-state index contributed by atoms with van der Waals surface area (Å²) in [6.45, 7) is 2.49. The molecule has 1 fully saturated rings. The van der Waals surface area contributed by atoms with Crippen LogP contribution in [0, 0.1) is 5.82 Å². The van der Waals surface area contributed by atoms with Crippen molar-refractivity contribution in [1.29, 1.82) is 0 Å². The van der Waals surface area contributed by atoms with Gasteiger partial charge in [-0.2, -0.15) is 0 Å². The van der Waals surface area contributed by atoms with Crippen molar-refractivity contribution in [2.24, 2.45) is 0 Å². The first-order valence-electron chi connectivity index (χ1n) is 8.02. The zero-order chi connectivity index (χ0) is 16.9. The Morgan fingerprint density at radius 3 is 2.88 bits per heavy atom. The molecular formula is C18H20FN3O2. The van der Waals surface area contributed by atoms with Crippen LogP contribution in [-0.4, -0.2) is 40.1 Å². The molecule has 2 heterocycles. The zero-order valence-electron chi connectivity index (χ0n) is 13.3. The van der Waals surface area contributed by atoms with Crippen molar-refractivity contribution < 1.29 is 14.3 Å². The number of benzene rings is 1. The van der Waals surface area contributed by atoms with E-state index in [4.69, 9.17) is 0 Å². The van der Waals surface area contributed by atoms with Crippen LogP contribution in [0.25, 0.3) is 0 Å². The number of halogens is 1. The summed E-state index contributed by atoms with van der Waals surface area (Å²) in [5, 5.41) is 12.3. The van der Waals surface area contributed by atoms with Gasteiger partial charge >= 0.3 is 0 Å². The van der Waals surface area contributed by atoms with Crippen LogP contribution in [0.5, 0.6) is 0 Å². The third kappa shape index (κ3) is 4.15. The third-order valence-electron chi connectivity index (χ3n) is 4.17. The fourth-order valence-corrected chi connectivity index (χ4v) is 2.84. The van der Waals surface area contributed by atoms with E-state index in [1.807, 2.05) is 18.2 Å². The predicted octanol–water partition coefficient (Wildman–Crippen LogP) is 2.43. The van der Waals surface area contributed by atoms with Crippen LogP contribution < -0.4 is 5.32 Å². The Kier molecular flexibility index (Phi) is 5.17. The Bertz CT molecular complexity index is 715. The number of pyridine rings is 1. The van der Waals surface area contributed by atoms with E-state index in [9.17, 15) is 14.3 Å². The summed E-state index contributed by atoms with van der Waals surface area (Å²) in [4.78, 5) is 18.1. The molecule has 1 aromatic heterocycles. The van der Waals surface area contributed by atoms with Crippen molar-refractivity contribution in [1.82, 2.24) is 9.88 Å². The molecule has 1 aromatic carbocycles. The van der Waals surface area contributed by atoms with Crippen LogP contribution >= 0.6 is 0 Å². The Labute approximate surface area is 140 Å². The van der Waals surface area contributed by atoms with Crippen molar-refractivity contribution in [2.45, 2.75) is 25.5 Å². The van der Waals surface area contributed by atoms with Crippen LogP contribution in [0.3, 0.4) is 0 Å². The molecule has 126 valence electrons. The number of carbonyl (C=O) groups excluding carboxylic acids is 1. The zero-order valence-corrected chi connectivity index (χ0v) is 13.3. The van der Waals surface area contributed by atoms with Crippen LogP contribution in [-0.2, 0) is 6.54 Å². The van der Waals surface area contributed by atoms with Crippen LogP contribution in [0.1, 0.15) is 28.8 Å². The van der Waals surface area contributed by atoms with E-state index in [0.717, 1.165) is 44.2 Å². The number of hydrogen-bond donors (Lipinski definition) is 2. The van der Waals surface area contributed by atoms with Crippen molar-refractivity contribution >= 4 is 11.6 Å². The number of aromatic nitrogens is 1. The van der Waals surface area contributed by atoms with Gasteiger partial charge in [-0.3, -0.25) is 14.7 Å². The Morgan fingerprint density at radius 1 is 1.33 bits per heavy atom. The maximum absolute atomic E-state index is 13.6. The largest absolute Gasteiger partial charge is 0.393 e. The Balaban J connectivity index is 1.65. The van der Waals surface area contributed by atoms with Gasteiger partial charge < -0.3 is 10.4 Å². The van der Waals surface area contributed by atoms with Gasteiger partial charge in [-0.1, -0.05) is 12.1 Å². The molecule has 5 nitrogen and oxygen atoms in total. The average molecular weight is 329 g/mol. The second-order valence-electron chi connectivity index (χ2n) is 6.02. The first-order chi connectivity index (χ1) is 11.6. The molecule has 1 aliphatic rings. The van der Waals surface area contributed by atoms with E-state index in [0.29, 0.717) is 5.69 Å². The molecule has 0 atom stereocenters. The van der Waals surface area contributed by atoms with E-state index in [1.54, 1.807) is 6.07 Å². The molecule has 3 rings (SSSR count). The van der Waals surface area contributed by atoms with Crippen molar-refractivity contribution in [2.75, 3.05) is 18.4 Å². The molecule has 0 aliphatic carbocycles. The van der Waals surface area contributed by atoms with Gasteiger partial charge in [-0.05, 0) is 36.6 Å². The number of anilines is 1. The molecule has 2 N–H and O–H groups in total. The molecule has 0 saturated carbocycles. The summed E-state index contributed by atoms with van der Waals surface area (Å²) < 4.78 is 13.6. The first kappa shape index (κ1) is 16.5. The molecule has 1 saturated heterocycles. The fourth-order valence-electron chi connectivity index (χ4n) is 2.84. The molecule has 1 amide bonds. The summed E-state index contributed by atoms with van der Waals surface area (Å²) >= 11 is 0. The molecule has 0 radical (unpaired) electrons. The first-order valence-corrected chi connectivity index (χ1v) is 8.02. The number of amides is 1. The van der Waals surface area contributed by atoms with Gasteiger partial charge in [0.15, 0.2) is 5.82 Å². The highest BCUT2D eigenvalue weighted by atomic mass is 19.1. The van der Waals surface area contributed by atoms with E-state index in [1.165, 1.54) is 12.3 Å². The lowest BCUT2D eigenvalue weighted by atomic mass is 10.1. The van der Waals surface area contributed by atoms with Crippen molar-refractivity contribution in [3.05, 3.63) is 59.7 Å². The second kappa shape index (κ2) is 7.51. The topological polar surface area (TPSA) is 65.5 Å². The van der Waals surface area contributed by atoms with Gasteiger partial charge in [0.25, 0.3) is 5.91 Å². The maximum Gasteiger partial charge on any atom is 0.258 e. The van der Waals surface area contributed by atoms with Gasteiger partial charge in [-0.25, -0.2) is 4.39 Å². The van der Waals surface area contributed by atoms with Crippen LogP contribution in [0.2, 0.25) is 0 Å². The fraction of sp³-hybridized carbons (Fsp3) is 0.333. The number of carbonyl (C=O) groups is 1. The third-order valence-corrected chi connectivity index (χ3v) is 4.17. The second-order valence-corrected chi connectivity index (χ2v) is 6.02. The highest BCUT2D eigenvalue weighted by molar-refractivity contribution is 6.04. The van der Waals surface area contributed by atoms with Gasteiger partial charge in [0.05, 0.1) is 17.9 Å². The summed E-state index contributed by atoms with van der Waals surface area (Å²) in [7, 11) is 0. The van der Waals surface area contributed by atoms with Gasteiger partial charge in [0, 0.05) is 31.5 Å². The summed E-state index contributed by atoms with van der Waals surface area (Å²) in [5.41, 5.74) is 1.67. The number of likely N-dealkylation sites (tertiary alicyclic amines) is 1. The van der Waals surface area contributed by atoms with E-state index >= 15 is 0 Å². The molecule has 0 bridgehead atoms. The number of hydrogen-bond acceptors (Lipinski definition) is 4. The lowest BCUT2D eigenvalue weighted by Gasteiger charge is -2.29. The molecule has 2 aromatic rings. The quantitative estimate of drug-likeness (QED) is 0.904. The molecule has 24 heavy (non-hydrogen) atoms. The van der Waals surface area contributed by atoms with Gasteiger partial charge in [-0.15, -0.1) is 0 Å². The van der Waals surface area contributed by atoms with E-state index < -0.39 is 11.7 Å². The average Bonchev–Trinajstić information content (AvgIpc) is 2.58. The van der Waals surface area contributed by atoms with Crippen molar-refractivity contribution in [3.8, 4) is 0 Å². The smallest absolute Gasteiger partial charge is 0.258 e. The maximum atomic E-state index is 13.6. The van der Waals surface area contributed by atoms with E-state index in [2.05, 4.69) is 15.2 Å². The van der Waals surface area contributed by atoms with Crippen molar-refractivity contribution in [3.63, 3.8) is 0 Å². The van der Waals surface area contributed by atoms with Crippen LogP contribution in [0.15, 0.2) is 42.7 Å². The summed E-state index contributed by atoms with van der Waals surface area (Å²) in [5.74, 6) is -1.13. The number of aliphatic hydroxyl groups excluding tert-OH is 1. The minimum Gasteiger partial charge on any atom is -0.393 e. The van der Waals surface area contributed by atoms with Crippen LogP contribution in [0.4, 0.5) is 10.1 Å². The summed E-state index contributed by atoms with van der Waals surface area (Å²) in [6.07, 6.45) is 3.80. The number of rotatable bonds is 4. The SMILES string of the molecule is O=C(Nc1cccc(CN2CCC(O)CC2)c1)c1ccncc1F. The lowest BCUT2D eigenvalue weighted by Crippen LogP contribution is -2.35. The number of piperidine rings is 1. The normalized spacial score (nSPS) is 16.1. The van der Waals surface area contributed by atoms with Gasteiger partial charge in [0.2, 0.25) is 0 Å². The monoisotopic (exact) mass is 329 g/mol. The number of aliphatic hydroxyl groups is 1.